The van der Waals surface area contributed by atoms with Crippen LogP contribution in [0.2, 0.25) is 0 Å². The number of imidazole rings is 1. The lowest BCUT2D eigenvalue weighted by Gasteiger charge is -2.07. The van der Waals surface area contributed by atoms with E-state index in [4.69, 9.17) is 0 Å². The molecule has 0 aliphatic heterocycles. The highest BCUT2D eigenvalue weighted by Gasteiger charge is 2.29. The van der Waals surface area contributed by atoms with Crippen LogP contribution in [0, 0.1) is 0 Å². The number of hydrogen-bond donors (Lipinski definition) is 2. The molecule has 2 heterocycles. The molecule has 0 atom stereocenters. The average molecular weight is 479 g/mol. The van der Waals surface area contributed by atoms with Crippen molar-refractivity contribution in [3.05, 3.63) is 83.1 Å². The van der Waals surface area contributed by atoms with Crippen LogP contribution in [-0.4, -0.2) is 23.4 Å². The van der Waals surface area contributed by atoms with Gasteiger partial charge in [-0.15, -0.1) is 11.3 Å². The van der Waals surface area contributed by atoms with Gasteiger partial charge in [0.25, 0.3) is 10.0 Å². The molecule has 0 saturated carbocycles. The van der Waals surface area contributed by atoms with Crippen LogP contribution in [0.25, 0.3) is 11.4 Å². The zero-order valence-electron chi connectivity index (χ0n) is 16.4. The van der Waals surface area contributed by atoms with E-state index >= 15 is 0 Å². The van der Waals surface area contributed by atoms with Crippen LogP contribution in [0.5, 0.6) is 0 Å². The van der Waals surface area contributed by atoms with Gasteiger partial charge in [-0.2, -0.15) is 13.2 Å². The van der Waals surface area contributed by atoms with Gasteiger partial charge in [-0.3, -0.25) is 4.72 Å². The summed E-state index contributed by atoms with van der Waals surface area (Å²) in [7, 11) is -3.73. The molecule has 0 unspecified atom stereocenters. The number of thiazole rings is 1. The van der Waals surface area contributed by atoms with E-state index in [-0.39, 0.29) is 10.0 Å². The minimum atomic E-state index is -4.34. The molecule has 32 heavy (non-hydrogen) atoms. The Morgan fingerprint density at radius 3 is 2.31 bits per heavy atom. The number of alkyl halides is 3. The second-order valence-corrected chi connectivity index (χ2v) is 9.50. The number of benzene rings is 2. The summed E-state index contributed by atoms with van der Waals surface area (Å²) in [4.78, 5) is 11.5. The summed E-state index contributed by atoms with van der Waals surface area (Å²) in [6.45, 7) is 0. The molecule has 2 aromatic heterocycles. The van der Waals surface area contributed by atoms with Crippen molar-refractivity contribution < 1.29 is 21.6 Å². The number of halogens is 3. The standard InChI is InChI=1S/C21H17F3N4O2S2/c22-21(23,24)16-6-1-14(2-7-16)3-8-17-13-26-19(27-17)15-4-9-18(10-5-15)32(29,30)28-20-25-11-12-31-20/h1-2,4-7,9-13H,3,8H2,(H,25,28)(H,26,27). The summed E-state index contributed by atoms with van der Waals surface area (Å²) in [6, 6.07) is 11.4. The van der Waals surface area contributed by atoms with Gasteiger partial charge in [-0.1, -0.05) is 12.1 Å². The molecule has 0 amide bonds. The molecule has 166 valence electrons. The highest BCUT2D eigenvalue weighted by atomic mass is 32.2. The third-order valence-electron chi connectivity index (χ3n) is 4.68. The first-order chi connectivity index (χ1) is 15.2. The van der Waals surface area contributed by atoms with E-state index in [0.29, 0.717) is 24.2 Å². The van der Waals surface area contributed by atoms with Crippen LogP contribution in [0.15, 0.2) is 71.2 Å². The lowest BCUT2D eigenvalue weighted by atomic mass is 10.1. The maximum absolute atomic E-state index is 12.7. The molecule has 0 radical (unpaired) electrons. The first-order valence-electron chi connectivity index (χ1n) is 9.43. The Hall–Kier alpha value is -3.18. The molecule has 0 aliphatic rings. The second-order valence-electron chi connectivity index (χ2n) is 6.92. The van der Waals surface area contributed by atoms with Gasteiger partial charge >= 0.3 is 6.18 Å². The Morgan fingerprint density at radius 2 is 1.69 bits per heavy atom. The zero-order chi connectivity index (χ0) is 22.8. The maximum Gasteiger partial charge on any atom is 0.416 e. The minimum Gasteiger partial charge on any atom is -0.342 e. The second kappa shape index (κ2) is 8.75. The fourth-order valence-electron chi connectivity index (χ4n) is 3.01. The number of nitrogens with one attached hydrogen (secondary N) is 2. The fourth-order valence-corrected chi connectivity index (χ4v) is 4.80. The molecular weight excluding hydrogens is 461 g/mol. The van der Waals surface area contributed by atoms with Crippen molar-refractivity contribution in [3.63, 3.8) is 0 Å². The topological polar surface area (TPSA) is 87.7 Å². The van der Waals surface area contributed by atoms with E-state index in [1.54, 1.807) is 23.7 Å². The Labute approximate surface area is 186 Å². The maximum atomic E-state index is 12.7. The molecule has 4 rings (SSSR count). The van der Waals surface area contributed by atoms with Crippen LogP contribution in [0.1, 0.15) is 16.8 Å². The van der Waals surface area contributed by atoms with Crippen molar-refractivity contribution in [2.75, 3.05) is 4.72 Å². The fraction of sp³-hybridized carbons (Fsp3) is 0.143. The molecule has 6 nitrogen and oxygen atoms in total. The first kappa shape index (κ1) is 22.0. The number of aryl methyl sites for hydroxylation is 2. The predicted octanol–water partition coefficient (Wildman–Crippen LogP) is 5.14. The molecule has 0 saturated heterocycles. The molecular formula is C21H17F3N4O2S2. The van der Waals surface area contributed by atoms with Crippen LogP contribution in [0.4, 0.5) is 18.3 Å². The van der Waals surface area contributed by atoms with Crippen LogP contribution in [-0.2, 0) is 29.0 Å². The smallest absolute Gasteiger partial charge is 0.342 e. The van der Waals surface area contributed by atoms with Crippen molar-refractivity contribution >= 4 is 26.5 Å². The SMILES string of the molecule is O=S(=O)(Nc1nccs1)c1ccc(-c2ncc(CCc3ccc(C(F)(F)F)cc3)[nH]2)cc1. The summed E-state index contributed by atoms with van der Waals surface area (Å²) in [6.07, 6.45) is -0.0453. The van der Waals surface area contributed by atoms with E-state index in [2.05, 4.69) is 19.7 Å². The van der Waals surface area contributed by atoms with E-state index in [9.17, 15) is 21.6 Å². The number of H-pyrrole nitrogens is 1. The predicted molar refractivity (Wildman–Crippen MR) is 116 cm³/mol. The van der Waals surface area contributed by atoms with E-state index in [1.807, 2.05) is 0 Å². The molecule has 2 N–H and O–H groups in total. The van der Waals surface area contributed by atoms with Crippen LogP contribution in [0.3, 0.4) is 0 Å². The minimum absolute atomic E-state index is 0.102. The Balaban J connectivity index is 1.40. The number of aromatic amines is 1. The third kappa shape index (κ3) is 5.17. The lowest BCUT2D eigenvalue weighted by molar-refractivity contribution is -0.137. The van der Waals surface area contributed by atoms with E-state index in [1.165, 1.54) is 41.8 Å². The number of hydrogen-bond acceptors (Lipinski definition) is 5. The normalized spacial score (nSPS) is 12.1. The van der Waals surface area contributed by atoms with E-state index in [0.717, 1.165) is 23.4 Å². The van der Waals surface area contributed by atoms with Gasteiger partial charge in [0.2, 0.25) is 0 Å². The van der Waals surface area contributed by atoms with Crippen molar-refractivity contribution in [3.8, 4) is 11.4 Å². The molecule has 11 heteroatoms. The number of sulfonamides is 1. The van der Waals surface area contributed by atoms with Crippen LogP contribution < -0.4 is 4.72 Å². The summed E-state index contributed by atoms with van der Waals surface area (Å²) in [5, 5.41) is 1.96. The molecule has 0 bridgehead atoms. The van der Waals surface area contributed by atoms with Gasteiger partial charge in [0, 0.05) is 29.0 Å². The highest BCUT2D eigenvalue weighted by Crippen LogP contribution is 2.29. The Bertz CT molecular complexity index is 1280. The van der Waals surface area contributed by atoms with E-state index < -0.39 is 21.8 Å². The summed E-state index contributed by atoms with van der Waals surface area (Å²) in [5.74, 6) is 0.573. The number of rotatable bonds is 7. The van der Waals surface area contributed by atoms with Crippen LogP contribution >= 0.6 is 11.3 Å². The summed E-state index contributed by atoms with van der Waals surface area (Å²) >= 11 is 1.19. The van der Waals surface area contributed by atoms with Gasteiger partial charge in [0.15, 0.2) is 5.13 Å². The largest absolute Gasteiger partial charge is 0.416 e. The van der Waals surface area contributed by atoms with Gasteiger partial charge in [-0.25, -0.2) is 18.4 Å². The van der Waals surface area contributed by atoms with Crippen molar-refractivity contribution in [1.82, 2.24) is 15.0 Å². The molecule has 0 fully saturated rings. The van der Waals surface area contributed by atoms with Gasteiger partial charge in [0.05, 0.1) is 10.5 Å². The van der Waals surface area contributed by atoms with Gasteiger partial charge in [0.1, 0.15) is 5.82 Å². The first-order valence-corrected chi connectivity index (χ1v) is 11.8. The Morgan fingerprint density at radius 1 is 0.969 bits per heavy atom. The molecule has 0 aliphatic carbocycles. The van der Waals surface area contributed by atoms with Crippen molar-refractivity contribution in [2.24, 2.45) is 0 Å². The zero-order valence-corrected chi connectivity index (χ0v) is 18.1. The number of anilines is 1. The van der Waals surface area contributed by atoms with Gasteiger partial charge < -0.3 is 4.98 Å². The third-order valence-corrected chi connectivity index (χ3v) is 6.86. The van der Waals surface area contributed by atoms with Gasteiger partial charge in [-0.05, 0) is 54.8 Å². The quantitative estimate of drug-likeness (QED) is 0.385. The molecule has 2 aromatic carbocycles. The molecule has 4 aromatic rings. The summed E-state index contributed by atoms with van der Waals surface area (Å²) in [5.41, 5.74) is 1.65. The van der Waals surface area contributed by atoms with Crippen molar-refractivity contribution in [1.29, 1.82) is 0 Å². The monoisotopic (exact) mass is 478 g/mol. The average Bonchev–Trinajstić information content (AvgIpc) is 3.44. The summed E-state index contributed by atoms with van der Waals surface area (Å²) < 4.78 is 65.2. The Kier molecular flexibility index (Phi) is 6.02. The highest BCUT2D eigenvalue weighted by molar-refractivity contribution is 7.93. The number of aromatic nitrogens is 3. The number of nitrogens with zero attached hydrogens (tertiary/aromatic N) is 2. The lowest BCUT2D eigenvalue weighted by Crippen LogP contribution is -2.12. The van der Waals surface area contributed by atoms with Crippen molar-refractivity contribution in [2.45, 2.75) is 23.9 Å². The molecule has 0 spiro atoms.